The Hall–Kier alpha value is -3.49. The number of carbonyl (C=O) groups is 2. The minimum absolute atomic E-state index is 0.0217. The van der Waals surface area contributed by atoms with E-state index in [2.05, 4.69) is 0 Å². The predicted molar refractivity (Wildman–Crippen MR) is 131 cm³/mol. The summed E-state index contributed by atoms with van der Waals surface area (Å²) in [6.45, 7) is 1.89. The minimum atomic E-state index is -0.834. The second kappa shape index (κ2) is 9.40. The molecule has 1 aliphatic heterocycles. The lowest BCUT2D eigenvalue weighted by Gasteiger charge is -2.25. The summed E-state index contributed by atoms with van der Waals surface area (Å²) in [5.74, 6) is -0.549. The number of anilines is 1. The van der Waals surface area contributed by atoms with E-state index in [1.807, 2.05) is 18.4 Å². The molecule has 0 spiro atoms. The van der Waals surface area contributed by atoms with Crippen molar-refractivity contribution < 1.29 is 28.9 Å². The third kappa shape index (κ3) is 3.89. The molecule has 1 unspecified atom stereocenters. The third-order valence-corrected chi connectivity index (χ3v) is 7.03. The summed E-state index contributed by atoms with van der Waals surface area (Å²) in [6.07, 6.45) is 0. The molecular formula is C25H22ClNO6S. The van der Waals surface area contributed by atoms with Crippen LogP contribution in [0, 0.1) is 6.92 Å². The van der Waals surface area contributed by atoms with Gasteiger partial charge in [-0.05, 0) is 54.3 Å². The van der Waals surface area contributed by atoms with Crippen molar-refractivity contribution in [3.05, 3.63) is 74.4 Å². The zero-order chi connectivity index (χ0) is 24.6. The number of carbonyl (C=O) groups excluding carboxylic acids is 2. The van der Waals surface area contributed by atoms with Gasteiger partial charge in [0, 0.05) is 22.2 Å². The Morgan fingerprint density at radius 1 is 0.971 bits per heavy atom. The number of ketones is 1. The van der Waals surface area contributed by atoms with Gasteiger partial charge in [0.2, 0.25) is 0 Å². The van der Waals surface area contributed by atoms with Crippen LogP contribution in [-0.2, 0) is 9.59 Å². The normalized spacial score (nSPS) is 17.2. The number of ether oxygens (including phenoxy) is 3. The lowest BCUT2D eigenvalue weighted by atomic mass is 9.98. The summed E-state index contributed by atoms with van der Waals surface area (Å²) in [5, 5.41) is 13.4. The van der Waals surface area contributed by atoms with Crippen LogP contribution >= 0.6 is 22.9 Å². The second-order valence-electron chi connectivity index (χ2n) is 7.53. The Balaban J connectivity index is 1.94. The quantitative estimate of drug-likeness (QED) is 0.279. The van der Waals surface area contributed by atoms with Crippen LogP contribution in [0.1, 0.15) is 22.0 Å². The van der Waals surface area contributed by atoms with Crippen LogP contribution < -0.4 is 19.1 Å². The summed E-state index contributed by atoms with van der Waals surface area (Å²) >= 11 is 7.65. The van der Waals surface area contributed by atoms with Gasteiger partial charge in [0.25, 0.3) is 11.7 Å². The number of thiophene rings is 1. The average Bonchev–Trinajstić information content (AvgIpc) is 3.38. The Kier molecular flexibility index (Phi) is 6.54. The van der Waals surface area contributed by atoms with Crippen LogP contribution in [0.5, 0.6) is 17.2 Å². The summed E-state index contributed by atoms with van der Waals surface area (Å²) < 4.78 is 15.9. The van der Waals surface area contributed by atoms with Gasteiger partial charge >= 0.3 is 0 Å². The van der Waals surface area contributed by atoms with E-state index >= 15 is 0 Å². The van der Waals surface area contributed by atoms with Crippen LogP contribution in [0.25, 0.3) is 5.76 Å². The molecule has 1 saturated heterocycles. The molecule has 7 nitrogen and oxygen atoms in total. The van der Waals surface area contributed by atoms with Crippen LogP contribution in [0.3, 0.4) is 0 Å². The van der Waals surface area contributed by atoms with E-state index in [1.54, 1.807) is 30.3 Å². The Morgan fingerprint density at radius 2 is 1.65 bits per heavy atom. The standard InChI is InChI=1S/C25H22ClNO6S/c1-13-9-10-34-24(13)21-20(22(28)14-5-7-17(31-2)16(26)11-14)23(29)25(30)27(21)15-6-8-18(32-3)19(12-15)33-4/h5-12,21,28H,1-4H3/b22-20-. The van der Waals surface area contributed by atoms with Gasteiger partial charge in [-0.25, -0.2) is 0 Å². The number of amides is 1. The van der Waals surface area contributed by atoms with Gasteiger partial charge in [-0.1, -0.05) is 11.6 Å². The van der Waals surface area contributed by atoms with Crippen molar-refractivity contribution in [1.29, 1.82) is 0 Å². The van der Waals surface area contributed by atoms with Gasteiger partial charge in [-0.2, -0.15) is 0 Å². The number of aryl methyl sites for hydroxylation is 1. The van der Waals surface area contributed by atoms with E-state index in [4.69, 9.17) is 25.8 Å². The number of Topliss-reactive ketones (excluding diaryl/α,β-unsaturated/α-hetero) is 1. The second-order valence-corrected chi connectivity index (χ2v) is 8.88. The van der Waals surface area contributed by atoms with Gasteiger partial charge in [-0.3, -0.25) is 14.5 Å². The molecule has 1 aliphatic rings. The molecule has 1 aromatic heterocycles. The van der Waals surface area contributed by atoms with Crippen LogP contribution in [0.15, 0.2) is 53.4 Å². The molecule has 9 heteroatoms. The van der Waals surface area contributed by atoms with Gasteiger partial charge in [-0.15, -0.1) is 11.3 Å². The predicted octanol–water partition coefficient (Wildman–Crippen LogP) is 5.36. The third-order valence-electron chi connectivity index (χ3n) is 5.67. The lowest BCUT2D eigenvalue weighted by molar-refractivity contribution is -0.132. The molecule has 3 aromatic rings. The van der Waals surface area contributed by atoms with E-state index in [-0.39, 0.29) is 16.4 Å². The van der Waals surface area contributed by atoms with E-state index in [0.717, 1.165) is 10.4 Å². The number of aliphatic hydroxyl groups is 1. The molecule has 1 amide bonds. The maximum atomic E-state index is 13.3. The van der Waals surface area contributed by atoms with Crippen LogP contribution in [0.2, 0.25) is 5.02 Å². The molecule has 0 bridgehead atoms. The van der Waals surface area contributed by atoms with Crippen molar-refractivity contribution in [3.63, 3.8) is 0 Å². The number of methoxy groups -OCH3 is 3. The van der Waals surface area contributed by atoms with Gasteiger partial charge < -0.3 is 19.3 Å². The molecule has 0 aliphatic carbocycles. The van der Waals surface area contributed by atoms with Crippen molar-refractivity contribution in [3.8, 4) is 17.2 Å². The van der Waals surface area contributed by atoms with Gasteiger partial charge in [0.1, 0.15) is 17.6 Å². The molecule has 2 heterocycles. The first-order chi connectivity index (χ1) is 16.3. The fourth-order valence-electron chi connectivity index (χ4n) is 3.96. The van der Waals surface area contributed by atoms with Crippen molar-refractivity contribution in [2.75, 3.05) is 26.2 Å². The zero-order valence-electron chi connectivity index (χ0n) is 18.9. The summed E-state index contributed by atoms with van der Waals surface area (Å²) in [6, 6.07) is 10.7. The summed E-state index contributed by atoms with van der Waals surface area (Å²) in [7, 11) is 4.48. The maximum Gasteiger partial charge on any atom is 0.300 e. The molecule has 176 valence electrons. The fourth-order valence-corrected chi connectivity index (χ4v) is 5.24. The highest BCUT2D eigenvalue weighted by atomic mass is 35.5. The van der Waals surface area contributed by atoms with E-state index in [0.29, 0.717) is 28.5 Å². The number of hydrogen-bond acceptors (Lipinski definition) is 7. The minimum Gasteiger partial charge on any atom is -0.507 e. The van der Waals surface area contributed by atoms with Crippen molar-refractivity contribution in [2.45, 2.75) is 13.0 Å². The monoisotopic (exact) mass is 499 g/mol. The number of nitrogens with zero attached hydrogens (tertiary/aromatic N) is 1. The average molecular weight is 500 g/mol. The Labute approximate surface area is 205 Å². The summed E-state index contributed by atoms with van der Waals surface area (Å²) in [4.78, 5) is 28.7. The highest BCUT2D eigenvalue weighted by molar-refractivity contribution is 7.10. The molecular weight excluding hydrogens is 478 g/mol. The van der Waals surface area contributed by atoms with E-state index in [9.17, 15) is 14.7 Å². The number of hydrogen-bond donors (Lipinski definition) is 1. The molecule has 0 radical (unpaired) electrons. The van der Waals surface area contributed by atoms with Gasteiger partial charge in [0.15, 0.2) is 11.5 Å². The number of benzene rings is 2. The highest BCUT2D eigenvalue weighted by Gasteiger charge is 2.48. The first-order valence-corrected chi connectivity index (χ1v) is 11.5. The molecule has 34 heavy (non-hydrogen) atoms. The maximum absolute atomic E-state index is 13.3. The topological polar surface area (TPSA) is 85.3 Å². The van der Waals surface area contributed by atoms with Crippen LogP contribution in [0.4, 0.5) is 5.69 Å². The van der Waals surface area contributed by atoms with E-state index < -0.39 is 17.7 Å². The molecule has 2 aromatic carbocycles. The first-order valence-electron chi connectivity index (χ1n) is 10.2. The largest absolute Gasteiger partial charge is 0.507 e. The zero-order valence-corrected chi connectivity index (χ0v) is 20.5. The molecule has 4 rings (SSSR count). The van der Waals surface area contributed by atoms with Crippen molar-refractivity contribution >= 4 is 46.1 Å². The fraction of sp³-hybridized carbons (Fsp3) is 0.200. The van der Waals surface area contributed by atoms with E-state index in [1.165, 1.54) is 43.6 Å². The number of aliphatic hydroxyl groups excluding tert-OH is 1. The first kappa shape index (κ1) is 23.7. The van der Waals surface area contributed by atoms with Crippen LogP contribution in [-0.4, -0.2) is 38.1 Å². The van der Waals surface area contributed by atoms with Gasteiger partial charge in [0.05, 0.1) is 31.9 Å². The van der Waals surface area contributed by atoms with Crippen molar-refractivity contribution in [2.24, 2.45) is 0 Å². The van der Waals surface area contributed by atoms with Crippen molar-refractivity contribution in [1.82, 2.24) is 0 Å². The Morgan fingerprint density at radius 3 is 2.24 bits per heavy atom. The molecule has 1 fully saturated rings. The lowest BCUT2D eigenvalue weighted by Crippen LogP contribution is -2.29. The Bertz CT molecular complexity index is 1310. The highest BCUT2D eigenvalue weighted by Crippen LogP contribution is 2.46. The SMILES string of the molecule is COc1ccc(/C(O)=C2/C(=O)C(=O)N(c3ccc(OC)c(OC)c3)C2c2sccc2C)cc1Cl. The molecule has 1 N–H and O–H groups in total. The number of rotatable bonds is 6. The molecule has 0 saturated carbocycles. The molecule has 1 atom stereocenters. The number of halogens is 1. The smallest absolute Gasteiger partial charge is 0.300 e. The summed E-state index contributed by atoms with van der Waals surface area (Å²) in [5.41, 5.74) is 1.60.